The minimum absolute atomic E-state index is 0.304. The second kappa shape index (κ2) is 4.42. The summed E-state index contributed by atoms with van der Waals surface area (Å²) in [4.78, 5) is 16.1. The Morgan fingerprint density at radius 2 is 2.44 bits per heavy atom. The van der Waals surface area contributed by atoms with Gasteiger partial charge >= 0.3 is 5.97 Å². The van der Waals surface area contributed by atoms with Gasteiger partial charge in [-0.3, -0.25) is 0 Å². The molecule has 2 heterocycles. The van der Waals surface area contributed by atoms with Crippen LogP contribution in [0.4, 0.5) is 0 Å². The predicted molar refractivity (Wildman–Crippen MR) is 65.3 cm³/mol. The second-order valence-corrected chi connectivity index (χ2v) is 4.16. The van der Waals surface area contributed by atoms with Crippen LogP contribution in [0, 0.1) is 0 Å². The summed E-state index contributed by atoms with van der Waals surface area (Å²) < 4.78 is 12.5. The van der Waals surface area contributed by atoms with Crippen LogP contribution in [0.3, 0.4) is 0 Å². The zero-order chi connectivity index (χ0) is 12.5. The highest BCUT2D eigenvalue weighted by atomic mass is 16.5. The Kier molecular flexibility index (Phi) is 2.76. The molecule has 0 N–H and O–H groups in total. The Morgan fingerprint density at radius 3 is 3.28 bits per heavy atom. The van der Waals surface area contributed by atoms with Crippen LogP contribution in [-0.2, 0) is 22.6 Å². The van der Waals surface area contributed by atoms with E-state index in [9.17, 15) is 4.79 Å². The number of rotatable bonds is 2. The number of benzene rings is 1. The summed E-state index contributed by atoms with van der Waals surface area (Å²) in [5, 5.41) is 0. The number of esters is 1. The minimum atomic E-state index is -0.304. The molecule has 0 atom stereocenters. The van der Waals surface area contributed by atoms with Gasteiger partial charge in [0.25, 0.3) is 0 Å². The SMILES string of the molecule is CCOC(=O)c1ccc2c(c1)nc1n2CCOC1. The van der Waals surface area contributed by atoms with Gasteiger partial charge in [-0.1, -0.05) is 0 Å². The molecule has 0 saturated carbocycles. The molecule has 0 fully saturated rings. The van der Waals surface area contributed by atoms with Crippen molar-refractivity contribution in [2.24, 2.45) is 0 Å². The van der Waals surface area contributed by atoms with E-state index in [-0.39, 0.29) is 5.97 Å². The lowest BCUT2D eigenvalue weighted by Crippen LogP contribution is -2.16. The topological polar surface area (TPSA) is 53.3 Å². The highest BCUT2D eigenvalue weighted by Gasteiger charge is 2.16. The first-order valence-corrected chi connectivity index (χ1v) is 6.03. The molecule has 0 saturated heterocycles. The Labute approximate surface area is 104 Å². The number of carbonyl (C=O) groups is 1. The molecule has 0 radical (unpaired) electrons. The monoisotopic (exact) mass is 246 g/mol. The van der Waals surface area contributed by atoms with Gasteiger partial charge in [-0.15, -0.1) is 0 Å². The highest BCUT2D eigenvalue weighted by molar-refractivity contribution is 5.93. The molecule has 1 aliphatic rings. The van der Waals surface area contributed by atoms with Crippen molar-refractivity contribution in [2.75, 3.05) is 13.2 Å². The molecule has 5 heteroatoms. The van der Waals surface area contributed by atoms with Crippen LogP contribution in [0.25, 0.3) is 11.0 Å². The van der Waals surface area contributed by atoms with Gasteiger partial charge in [0.2, 0.25) is 0 Å². The third kappa shape index (κ3) is 1.76. The summed E-state index contributed by atoms with van der Waals surface area (Å²) >= 11 is 0. The van der Waals surface area contributed by atoms with Crippen molar-refractivity contribution in [2.45, 2.75) is 20.1 Å². The van der Waals surface area contributed by atoms with Crippen LogP contribution in [0.2, 0.25) is 0 Å². The molecule has 18 heavy (non-hydrogen) atoms. The fraction of sp³-hybridized carbons (Fsp3) is 0.385. The lowest BCUT2D eigenvalue weighted by Gasteiger charge is -2.14. The first-order valence-electron chi connectivity index (χ1n) is 6.03. The number of fused-ring (bicyclic) bond motifs is 3. The highest BCUT2D eigenvalue weighted by Crippen LogP contribution is 2.21. The molecule has 1 aromatic heterocycles. The molecule has 0 spiro atoms. The van der Waals surface area contributed by atoms with E-state index in [0.717, 1.165) is 23.4 Å². The van der Waals surface area contributed by atoms with Gasteiger partial charge in [-0.2, -0.15) is 0 Å². The third-order valence-corrected chi connectivity index (χ3v) is 3.03. The fourth-order valence-corrected chi connectivity index (χ4v) is 2.20. The van der Waals surface area contributed by atoms with Crippen molar-refractivity contribution < 1.29 is 14.3 Å². The zero-order valence-corrected chi connectivity index (χ0v) is 10.2. The molecule has 94 valence electrons. The summed E-state index contributed by atoms with van der Waals surface area (Å²) in [5.74, 6) is 0.610. The van der Waals surface area contributed by atoms with Crippen LogP contribution in [-0.4, -0.2) is 28.7 Å². The van der Waals surface area contributed by atoms with E-state index in [1.54, 1.807) is 19.1 Å². The quantitative estimate of drug-likeness (QED) is 0.757. The molecule has 0 amide bonds. The lowest BCUT2D eigenvalue weighted by atomic mass is 10.2. The van der Waals surface area contributed by atoms with Gasteiger partial charge in [-0.05, 0) is 25.1 Å². The maximum absolute atomic E-state index is 11.7. The number of nitrogens with zero attached hydrogens (tertiary/aromatic N) is 2. The fourth-order valence-electron chi connectivity index (χ4n) is 2.20. The van der Waals surface area contributed by atoms with Gasteiger partial charge in [0.1, 0.15) is 12.4 Å². The van der Waals surface area contributed by atoms with E-state index in [4.69, 9.17) is 9.47 Å². The molecule has 0 unspecified atom stereocenters. The van der Waals surface area contributed by atoms with Gasteiger partial charge in [0.05, 0.1) is 29.8 Å². The molecular formula is C13H14N2O3. The van der Waals surface area contributed by atoms with E-state index >= 15 is 0 Å². The van der Waals surface area contributed by atoms with Crippen LogP contribution < -0.4 is 0 Å². The maximum Gasteiger partial charge on any atom is 0.338 e. The van der Waals surface area contributed by atoms with E-state index in [1.807, 2.05) is 6.07 Å². The standard InChI is InChI=1S/C13H14N2O3/c1-2-18-13(16)9-3-4-11-10(7-9)14-12-8-17-6-5-15(11)12/h3-4,7H,2,5-6,8H2,1H3. The van der Waals surface area contributed by atoms with Crippen LogP contribution >= 0.6 is 0 Å². The number of hydrogen-bond acceptors (Lipinski definition) is 4. The zero-order valence-electron chi connectivity index (χ0n) is 10.2. The Morgan fingerprint density at radius 1 is 1.56 bits per heavy atom. The normalized spacial score (nSPS) is 14.5. The number of aromatic nitrogens is 2. The molecule has 3 rings (SSSR count). The van der Waals surface area contributed by atoms with Crippen molar-refractivity contribution in [3.05, 3.63) is 29.6 Å². The largest absolute Gasteiger partial charge is 0.462 e. The van der Waals surface area contributed by atoms with Crippen molar-refractivity contribution in [1.29, 1.82) is 0 Å². The smallest absolute Gasteiger partial charge is 0.338 e. The molecule has 1 aromatic carbocycles. The summed E-state index contributed by atoms with van der Waals surface area (Å²) in [6.07, 6.45) is 0. The Bertz CT molecular complexity index is 604. The van der Waals surface area contributed by atoms with E-state index < -0.39 is 0 Å². The van der Waals surface area contributed by atoms with E-state index in [1.165, 1.54) is 0 Å². The molecule has 1 aliphatic heterocycles. The van der Waals surface area contributed by atoms with Gasteiger partial charge < -0.3 is 14.0 Å². The van der Waals surface area contributed by atoms with Gasteiger partial charge in [0, 0.05) is 6.54 Å². The minimum Gasteiger partial charge on any atom is -0.462 e. The summed E-state index contributed by atoms with van der Waals surface area (Å²) in [5.41, 5.74) is 2.41. The second-order valence-electron chi connectivity index (χ2n) is 4.16. The van der Waals surface area contributed by atoms with Crippen molar-refractivity contribution in [1.82, 2.24) is 9.55 Å². The molecule has 2 aromatic rings. The number of hydrogen-bond donors (Lipinski definition) is 0. The van der Waals surface area contributed by atoms with E-state index in [2.05, 4.69) is 9.55 Å². The van der Waals surface area contributed by atoms with Crippen molar-refractivity contribution >= 4 is 17.0 Å². The average Bonchev–Trinajstić information content (AvgIpc) is 2.76. The predicted octanol–water partition coefficient (Wildman–Crippen LogP) is 1.74. The van der Waals surface area contributed by atoms with Crippen molar-refractivity contribution in [3.8, 4) is 0 Å². The molecular weight excluding hydrogens is 232 g/mol. The van der Waals surface area contributed by atoms with Crippen molar-refractivity contribution in [3.63, 3.8) is 0 Å². The molecule has 5 nitrogen and oxygen atoms in total. The van der Waals surface area contributed by atoms with Gasteiger partial charge in [-0.25, -0.2) is 9.78 Å². The Hall–Kier alpha value is -1.88. The molecule has 0 bridgehead atoms. The van der Waals surface area contributed by atoms with E-state index in [0.29, 0.717) is 25.4 Å². The lowest BCUT2D eigenvalue weighted by molar-refractivity contribution is 0.0526. The number of ether oxygens (including phenoxy) is 2. The first-order chi connectivity index (χ1) is 8.79. The number of carbonyl (C=O) groups excluding carboxylic acids is 1. The van der Waals surface area contributed by atoms with Crippen LogP contribution in [0.1, 0.15) is 23.1 Å². The number of imidazole rings is 1. The van der Waals surface area contributed by atoms with Crippen LogP contribution in [0.15, 0.2) is 18.2 Å². The summed E-state index contributed by atoms with van der Waals surface area (Å²) in [6, 6.07) is 5.48. The summed E-state index contributed by atoms with van der Waals surface area (Å²) in [7, 11) is 0. The van der Waals surface area contributed by atoms with Crippen LogP contribution in [0.5, 0.6) is 0 Å². The summed E-state index contributed by atoms with van der Waals surface area (Å²) in [6.45, 7) is 4.22. The Balaban J connectivity index is 2.05. The maximum atomic E-state index is 11.7. The first kappa shape index (κ1) is 11.2. The average molecular weight is 246 g/mol. The third-order valence-electron chi connectivity index (χ3n) is 3.03. The van der Waals surface area contributed by atoms with Gasteiger partial charge in [0.15, 0.2) is 0 Å². The molecule has 0 aliphatic carbocycles.